The Kier molecular flexibility index (Phi) is 7.54. The fraction of sp³-hybridized carbons (Fsp3) is 0.192. The van der Waals surface area contributed by atoms with Gasteiger partial charge in [-0.05, 0) is 63.6 Å². The number of nitrogens with one attached hydrogen (secondary N) is 2. The fourth-order valence-corrected chi connectivity index (χ4v) is 3.06. The molecule has 0 aliphatic heterocycles. The number of hydrogen-bond acceptors (Lipinski definition) is 4. The molecule has 1 aromatic heterocycles. The number of ether oxygens (including phenoxy) is 1. The van der Waals surface area contributed by atoms with E-state index in [1.54, 1.807) is 33.8 Å². The van der Waals surface area contributed by atoms with Crippen LogP contribution in [0.5, 0.6) is 0 Å². The maximum atomic E-state index is 14.3. The van der Waals surface area contributed by atoms with Crippen LogP contribution in [0.2, 0.25) is 5.02 Å². The van der Waals surface area contributed by atoms with Crippen LogP contribution in [0.3, 0.4) is 0 Å². The van der Waals surface area contributed by atoms with Crippen LogP contribution in [0.25, 0.3) is 0 Å². The lowest BCUT2D eigenvalue weighted by Crippen LogP contribution is -2.27. The predicted molar refractivity (Wildman–Crippen MR) is 131 cm³/mol. The molecule has 0 atom stereocenters. The second-order valence-corrected chi connectivity index (χ2v) is 8.78. The third-order valence-corrected chi connectivity index (χ3v) is 4.74. The highest BCUT2D eigenvalue weighted by Gasteiger charge is 2.20. The zero-order valence-electron chi connectivity index (χ0n) is 19.1. The van der Waals surface area contributed by atoms with Crippen molar-refractivity contribution in [3.05, 3.63) is 87.8 Å². The summed E-state index contributed by atoms with van der Waals surface area (Å²) in [6, 6.07) is 13.6. The van der Waals surface area contributed by atoms with Crippen molar-refractivity contribution in [1.82, 2.24) is 4.98 Å². The number of aromatic nitrogens is 1. The summed E-state index contributed by atoms with van der Waals surface area (Å²) in [5.41, 5.74) is 1.32. The van der Waals surface area contributed by atoms with E-state index in [1.807, 2.05) is 30.3 Å². The fourth-order valence-electron chi connectivity index (χ4n) is 2.86. The summed E-state index contributed by atoms with van der Waals surface area (Å²) in [5, 5.41) is 4.64. The molecule has 0 saturated carbocycles. The molecule has 0 bridgehead atoms. The number of rotatable bonds is 3. The van der Waals surface area contributed by atoms with Gasteiger partial charge in [0.2, 0.25) is 0 Å². The Morgan fingerprint density at radius 3 is 2.35 bits per heavy atom. The summed E-state index contributed by atoms with van der Waals surface area (Å²) in [6.45, 7) is 6.85. The van der Waals surface area contributed by atoms with E-state index in [0.29, 0.717) is 11.1 Å². The van der Waals surface area contributed by atoms with Crippen LogP contribution >= 0.6 is 11.6 Å². The van der Waals surface area contributed by atoms with Gasteiger partial charge >= 0.3 is 6.09 Å². The van der Waals surface area contributed by atoms with E-state index < -0.39 is 23.4 Å². The molecule has 174 valence electrons. The second-order valence-electron chi connectivity index (χ2n) is 8.41. The number of carbonyl (C=O) groups is 2. The molecule has 0 spiro atoms. The number of benzene rings is 2. The number of pyridine rings is 1. The topological polar surface area (TPSA) is 80.3 Å². The van der Waals surface area contributed by atoms with Crippen LogP contribution in [0.4, 0.5) is 20.7 Å². The van der Waals surface area contributed by atoms with E-state index >= 15 is 0 Å². The molecule has 2 N–H and O–H groups in total. The number of halogens is 2. The quantitative estimate of drug-likeness (QED) is 0.439. The maximum absolute atomic E-state index is 14.3. The average Bonchev–Trinajstić information content (AvgIpc) is 2.75. The lowest BCUT2D eigenvalue weighted by atomic mass is 10.1. The Morgan fingerprint density at radius 2 is 1.71 bits per heavy atom. The summed E-state index contributed by atoms with van der Waals surface area (Å²) < 4.78 is 19.5. The minimum absolute atomic E-state index is 0.0255. The first-order valence-corrected chi connectivity index (χ1v) is 10.7. The van der Waals surface area contributed by atoms with Gasteiger partial charge in [-0.25, -0.2) is 14.2 Å². The van der Waals surface area contributed by atoms with E-state index in [-0.39, 0.29) is 22.1 Å². The molecule has 3 aromatic rings. The molecule has 6 nitrogen and oxygen atoms in total. The number of nitrogens with zero attached hydrogens (tertiary/aromatic N) is 1. The second kappa shape index (κ2) is 10.4. The Morgan fingerprint density at radius 1 is 1.03 bits per heavy atom. The minimum Gasteiger partial charge on any atom is -0.444 e. The molecule has 34 heavy (non-hydrogen) atoms. The van der Waals surface area contributed by atoms with Gasteiger partial charge in [-0.1, -0.05) is 41.6 Å². The third-order valence-electron chi connectivity index (χ3n) is 4.35. The molecule has 2 amide bonds. The van der Waals surface area contributed by atoms with Gasteiger partial charge in [0, 0.05) is 23.0 Å². The van der Waals surface area contributed by atoms with Crippen molar-refractivity contribution in [3.8, 4) is 11.8 Å². The maximum Gasteiger partial charge on any atom is 0.412 e. The number of amides is 2. The van der Waals surface area contributed by atoms with Crippen LogP contribution in [0.15, 0.2) is 54.7 Å². The van der Waals surface area contributed by atoms with E-state index in [0.717, 1.165) is 11.6 Å². The molecule has 0 fully saturated rings. The van der Waals surface area contributed by atoms with E-state index in [4.69, 9.17) is 16.3 Å². The summed E-state index contributed by atoms with van der Waals surface area (Å²) >= 11 is 6.02. The smallest absolute Gasteiger partial charge is 0.412 e. The van der Waals surface area contributed by atoms with Crippen molar-refractivity contribution >= 4 is 35.1 Å². The first-order valence-electron chi connectivity index (χ1n) is 10.4. The monoisotopic (exact) mass is 479 g/mol. The Labute approximate surface area is 202 Å². The molecule has 0 saturated heterocycles. The average molecular weight is 480 g/mol. The van der Waals surface area contributed by atoms with Crippen molar-refractivity contribution in [2.75, 3.05) is 10.6 Å². The molecular weight excluding hydrogens is 457 g/mol. The van der Waals surface area contributed by atoms with Crippen LogP contribution in [-0.2, 0) is 4.74 Å². The van der Waals surface area contributed by atoms with Crippen LogP contribution in [0, 0.1) is 24.6 Å². The highest BCUT2D eigenvalue weighted by atomic mass is 35.5. The van der Waals surface area contributed by atoms with Crippen molar-refractivity contribution in [1.29, 1.82) is 0 Å². The molecule has 2 aromatic carbocycles. The third kappa shape index (κ3) is 6.80. The van der Waals surface area contributed by atoms with Crippen molar-refractivity contribution in [2.45, 2.75) is 33.3 Å². The lowest BCUT2D eigenvalue weighted by molar-refractivity contribution is 0.0635. The summed E-state index contributed by atoms with van der Waals surface area (Å²) in [5.74, 6) is 4.79. The van der Waals surface area contributed by atoms with Gasteiger partial charge in [0.05, 0.1) is 10.6 Å². The molecular formula is C26H23ClFN3O3. The predicted octanol–water partition coefficient (Wildman–Crippen LogP) is 6.18. The zero-order chi connectivity index (χ0) is 24.9. The van der Waals surface area contributed by atoms with Gasteiger partial charge < -0.3 is 10.1 Å². The number of carbonyl (C=O) groups excluding carboxylic acids is 2. The Balaban J connectivity index is 1.78. The first-order chi connectivity index (χ1) is 16.0. The molecule has 8 heteroatoms. The molecule has 1 heterocycles. The molecule has 0 aliphatic rings. The van der Waals surface area contributed by atoms with Crippen LogP contribution < -0.4 is 10.6 Å². The van der Waals surface area contributed by atoms with E-state index in [1.165, 1.54) is 12.3 Å². The molecule has 0 unspecified atom stereocenters. The van der Waals surface area contributed by atoms with E-state index in [9.17, 15) is 14.0 Å². The molecule has 0 radical (unpaired) electrons. The molecule has 3 rings (SSSR count). The zero-order valence-corrected chi connectivity index (χ0v) is 19.9. The highest BCUT2D eigenvalue weighted by Crippen LogP contribution is 2.26. The van der Waals surface area contributed by atoms with Gasteiger partial charge in [-0.2, -0.15) is 0 Å². The number of aryl methyl sites for hydroxylation is 1. The summed E-state index contributed by atoms with van der Waals surface area (Å²) in [6.07, 6.45) is 0.742. The van der Waals surface area contributed by atoms with Crippen molar-refractivity contribution < 1.29 is 18.7 Å². The Bertz CT molecular complexity index is 1290. The first kappa shape index (κ1) is 24.7. The number of anilines is 2. The van der Waals surface area contributed by atoms with Crippen LogP contribution in [-0.4, -0.2) is 22.6 Å². The van der Waals surface area contributed by atoms with Gasteiger partial charge in [0.1, 0.15) is 17.2 Å². The normalized spacial score (nSPS) is 10.6. The highest BCUT2D eigenvalue weighted by molar-refractivity contribution is 6.34. The largest absolute Gasteiger partial charge is 0.444 e. The van der Waals surface area contributed by atoms with Gasteiger partial charge in [0.15, 0.2) is 0 Å². The number of hydrogen-bond donors (Lipinski definition) is 2. The van der Waals surface area contributed by atoms with Gasteiger partial charge in [-0.15, -0.1) is 0 Å². The van der Waals surface area contributed by atoms with E-state index in [2.05, 4.69) is 27.5 Å². The van der Waals surface area contributed by atoms with Crippen molar-refractivity contribution in [2.24, 2.45) is 0 Å². The lowest BCUT2D eigenvalue weighted by Gasteiger charge is -2.20. The van der Waals surface area contributed by atoms with Crippen molar-refractivity contribution in [3.63, 3.8) is 0 Å². The SMILES string of the molecule is Cc1cc(C#Cc2ccccc2)cnc1NC(=O)c1cc(NC(=O)OC(C)(C)C)cc(F)c1Cl. The Hall–Kier alpha value is -3.89. The van der Waals surface area contributed by atoms with Gasteiger partial charge in [-0.3, -0.25) is 10.1 Å². The summed E-state index contributed by atoms with van der Waals surface area (Å²) in [7, 11) is 0. The summed E-state index contributed by atoms with van der Waals surface area (Å²) in [4.78, 5) is 29.1. The standard InChI is InChI=1S/C26H23ClFN3O3/c1-16-12-18(11-10-17-8-6-5-7-9-17)15-29-23(16)31-24(32)20-13-19(14-21(28)22(20)27)30-25(33)34-26(2,3)4/h5-9,12-15H,1-4H3,(H,30,33)(H,29,31,32). The van der Waals surface area contributed by atoms with Crippen LogP contribution in [0.1, 0.15) is 47.8 Å². The van der Waals surface area contributed by atoms with Gasteiger partial charge in [0.25, 0.3) is 5.91 Å². The molecule has 0 aliphatic carbocycles. The minimum atomic E-state index is -0.864.